The zero-order valence-corrected chi connectivity index (χ0v) is 19.2. The van der Waals surface area contributed by atoms with Gasteiger partial charge in [-0.05, 0) is 48.1 Å². The number of amides is 2. The maximum Gasteiger partial charge on any atom is 0.243 e. The van der Waals surface area contributed by atoms with Gasteiger partial charge < -0.3 is 5.32 Å². The first kappa shape index (κ1) is 22.0. The highest BCUT2D eigenvalue weighted by molar-refractivity contribution is 7.89. The molecule has 3 heterocycles. The standard InChI is InChI=1S/C22H27N3O4S2/c1-16(26)25-20-9-8-19(31(28,29)24-10-4-2-3-5-11-24)13-17(20)14-21(25)22(27)23-15-18-7-6-12-30-18/h6-9,12-13,21H,2-5,10-11,14-15H2,1H3,(H,23,27)/t21-/m1/s1. The van der Waals surface area contributed by atoms with Gasteiger partial charge >= 0.3 is 0 Å². The highest BCUT2D eigenvalue weighted by atomic mass is 32.2. The molecule has 1 aromatic heterocycles. The van der Waals surface area contributed by atoms with Crippen LogP contribution in [-0.4, -0.2) is 43.7 Å². The predicted octanol–water partition coefficient (Wildman–Crippen LogP) is 2.91. The minimum atomic E-state index is -3.59. The molecule has 2 aliphatic heterocycles. The maximum absolute atomic E-state index is 13.2. The number of thiophene rings is 1. The van der Waals surface area contributed by atoms with Gasteiger partial charge in [0.1, 0.15) is 6.04 Å². The molecule has 0 bridgehead atoms. The number of fused-ring (bicyclic) bond motifs is 1. The van der Waals surface area contributed by atoms with E-state index in [2.05, 4.69) is 5.32 Å². The number of hydrogen-bond acceptors (Lipinski definition) is 5. The number of carbonyl (C=O) groups excluding carboxylic acids is 2. The molecule has 4 rings (SSSR count). The lowest BCUT2D eigenvalue weighted by Gasteiger charge is -2.23. The quantitative estimate of drug-likeness (QED) is 0.742. The summed E-state index contributed by atoms with van der Waals surface area (Å²) in [5.41, 5.74) is 1.32. The van der Waals surface area contributed by atoms with E-state index in [1.807, 2.05) is 17.5 Å². The largest absolute Gasteiger partial charge is 0.349 e. The Morgan fingerprint density at radius 2 is 1.87 bits per heavy atom. The summed E-state index contributed by atoms with van der Waals surface area (Å²) in [6.45, 7) is 2.90. The van der Waals surface area contributed by atoms with Crippen LogP contribution >= 0.6 is 11.3 Å². The fraction of sp³-hybridized carbons (Fsp3) is 0.455. The molecule has 7 nitrogen and oxygen atoms in total. The first-order chi connectivity index (χ1) is 14.9. The fourth-order valence-corrected chi connectivity index (χ4v) is 6.54. The molecule has 9 heteroatoms. The van der Waals surface area contributed by atoms with Gasteiger partial charge in [0.25, 0.3) is 0 Å². The van der Waals surface area contributed by atoms with Crippen molar-refractivity contribution >= 4 is 38.9 Å². The highest BCUT2D eigenvalue weighted by Gasteiger charge is 2.38. The van der Waals surface area contributed by atoms with Crippen LogP contribution in [0.1, 0.15) is 43.0 Å². The second kappa shape index (κ2) is 9.10. The molecule has 2 aromatic rings. The van der Waals surface area contributed by atoms with Crippen LogP contribution in [0.5, 0.6) is 0 Å². The van der Waals surface area contributed by atoms with Crippen LogP contribution < -0.4 is 10.2 Å². The highest BCUT2D eigenvalue weighted by Crippen LogP contribution is 2.35. The summed E-state index contributed by atoms with van der Waals surface area (Å²) in [4.78, 5) is 27.9. The average Bonchev–Trinajstić information content (AvgIpc) is 3.31. The zero-order chi connectivity index (χ0) is 22.0. The van der Waals surface area contributed by atoms with Crippen LogP contribution in [-0.2, 0) is 32.6 Å². The normalized spacial score (nSPS) is 19.6. The van der Waals surface area contributed by atoms with Crippen LogP contribution in [0.2, 0.25) is 0 Å². The second-order valence-electron chi connectivity index (χ2n) is 8.01. The van der Waals surface area contributed by atoms with Gasteiger partial charge in [0.05, 0.1) is 11.4 Å². The molecule has 0 saturated carbocycles. The summed E-state index contributed by atoms with van der Waals surface area (Å²) in [7, 11) is -3.59. The van der Waals surface area contributed by atoms with Gasteiger partial charge in [-0.15, -0.1) is 11.3 Å². The Bertz CT molecular complexity index is 1060. The van der Waals surface area contributed by atoms with Gasteiger partial charge in [-0.3, -0.25) is 14.5 Å². The van der Waals surface area contributed by atoms with E-state index in [-0.39, 0.29) is 16.7 Å². The third-order valence-electron chi connectivity index (χ3n) is 5.90. The van der Waals surface area contributed by atoms with Crippen molar-refractivity contribution in [3.05, 3.63) is 46.2 Å². The Balaban J connectivity index is 1.56. The van der Waals surface area contributed by atoms with Crippen molar-refractivity contribution in [1.29, 1.82) is 0 Å². The van der Waals surface area contributed by atoms with E-state index in [9.17, 15) is 18.0 Å². The predicted molar refractivity (Wildman–Crippen MR) is 120 cm³/mol. The number of sulfonamides is 1. The second-order valence-corrected chi connectivity index (χ2v) is 11.0. The zero-order valence-electron chi connectivity index (χ0n) is 17.5. The van der Waals surface area contributed by atoms with Gasteiger partial charge in [-0.2, -0.15) is 4.31 Å². The molecule has 1 fully saturated rings. The van der Waals surface area contributed by atoms with Crippen molar-refractivity contribution in [3.8, 4) is 0 Å². The third kappa shape index (κ3) is 4.53. The van der Waals surface area contributed by atoms with Gasteiger partial charge in [0.2, 0.25) is 21.8 Å². The number of benzene rings is 1. The van der Waals surface area contributed by atoms with Crippen molar-refractivity contribution in [2.45, 2.75) is 56.5 Å². The lowest BCUT2D eigenvalue weighted by molar-refractivity contribution is -0.125. The Morgan fingerprint density at radius 1 is 1.13 bits per heavy atom. The summed E-state index contributed by atoms with van der Waals surface area (Å²) in [6, 6.07) is 8.04. The minimum absolute atomic E-state index is 0.233. The number of carbonyl (C=O) groups is 2. The van der Waals surface area contributed by atoms with Gasteiger partial charge in [0.15, 0.2) is 0 Å². The monoisotopic (exact) mass is 461 g/mol. The molecular weight excluding hydrogens is 434 g/mol. The molecule has 0 radical (unpaired) electrons. The Hall–Kier alpha value is -2.23. The van der Waals surface area contributed by atoms with Crippen molar-refractivity contribution in [3.63, 3.8) is 0 Å². The van der Waals surface area contributed by atoms with E-state index in [4.69, 9.17) is 0 Å². The molecule has 1 saturated heterocycles. The average molecular weight is 462 g/mol. The molecule has 2 amide bonds. The molecule has 0 unspecified atom stereocenters. The van der Waals surface area contributed by atoms with Gasteiger partial charge in [-0.1, -0.05) is 18.9 Å². The van der Waals surface area contributed by atoms with Crippen LogP contribution in [0.25, 0.3) is 0 Å². The smallest absolute Gasteiger partial charge is 0.243 e. The molecule has 0 aliphatic carbocycles. The molecule has 31 heavy (non-hydrogen) atoms. The molecule has 1 aromatic carbocycles. The van der Waals surface area contributed by atoms with E-state index < -0.39 is 16.1 Å². The summed E-state index contributed by atoms with van der Waals surface area (Å²) < 4.78 is 27.9. The van der Waals surface area contributed by atoms with Crippen molar-refractivity contribution in [1.82, 2.24) is 9.62 Å². The molecule has 1 N–H and O–H groups in total. The summed E-state index contributed by atoms with van der Waals surface area (Å²) in [6.07, 6.45) is 4.14. The molecule has 1 atom stereocenters. The first-order valence-electron chi connectivity index (χ1n) is 10.6. The number of rotatable bonds is 5. The van der Waals surface area contributed by atoms with E-state index >= 15 is 0 Å². The van der Waals surface area contributed by atoms with Crippen molar-refractivity contribution in [2.75, 3.05) is 18.0 Å². The van der Waals surface area contributed by atoms with Crippen LogP contribution in [0.4, 0.5) is 5.69 Å². The number of nitrogens with zero attached hydrogens (tertiary/aromatic N) is 2. The molecule has 166 valence electrons. The van der Waals surface area contributed by atoms with Crippen molar-refractivity contribution < 1.29 is 18.0 Å². The minimum Gasteiger partial charge on any atom is -0.349 e. The summed E-state index contributed by atoms with van der Waals surface area (Å²) >= 11 is 1.55. The van der Waals surface area contributed by atoms with E-state index in [1.54, 1.807) is 33.8 Å². The molecule has 0 spiro atoms. The molecular formula is C22H27N3O4S2. The van der Waals surface area contributed by atoms with Crippen LogP contribution in [0, 0.1) is 0 Å². The van der Waals surface area contributed by atoms with Crippen LogP contribution in [0.15, 0.2) is 40.6 Å². The summed E-state index contributed by atoms with van der Waals surface area (Å²) in [5.74, 6) is -0.477. The number of anilines is 1. The Morgan fingerprint density at radius 3 is 2.52 bits per heavy atom. The molecule has 2 aliphatic rings. The third-order valence-corrected chi connectivity index (χ3v) is 8.67. The fourth-order valence-electron chi connectivity index (χ4n) is 4.32. The van der Waals surface area contributed by atoms with Gasteiger partial charge in [-0.25, -0.2) is 8.42 Å². The number of hydrogen-bond donors (Lipinski definition) is 1. The Labute approximate surface area is 187 Å². The maximum atomic E-state index is 13.2. The van der Waals surface area contributed by atoms with Crippen molar-refractivity contribution in [2.24, 2.45) is 0 Å². The lowest BCUT2D eigenvalue weighted by atomic mass is 10.1. The first-order valence-corrected chi connectivity index (χ1v) is 12.9. The lowest BCUT2D eigenvalue weighted by Crippen LogP contribution is -2.47. The van der Waals surface area contributed by atoms with E-state index in [0.717, 1.165) is 30.6 Å². The topological polar surface area (TPSA) is 86.8 Å². The SMILES string of the molecule is CC(=O)N1c2ccc(S(=O)(=O)N3CCCCCC3)cc2C[C@@H]1C(=O)NCc1cccs1. The van der Waals surface area contributed by atoms with E-state index in [0.29, 0.717) is 37.3 Å². The summed E-state index contributed by atoms with van der Waals surface area (Å²) in [5, 5.41) is 4.85. The number of nitrogens with one attached hydrogen (secondary N) is 1. The van der Waals surface area contributed by atoms with E-state index in [1.165, 1.54) is 11.8 Å². The Kier molecular flexibility index (Phi) is 6.45. The van der Waals surface area contributed by atoms with Crippen LogP contribution in [0.3, 0.4) is 0 Å². The van der Waals surface area contributed by atoms with Gasteiger partial charge in [0, 0.05) is 37.0 Å².